The molecule has 1 saturated heterocycles. The summed E-state index contributed by atoms with van der Waals surface area (Å²) in [7, 11) is 2.00. The van der Waals surface area contributed by atoms with E-state index in [2.05, 4.69) is 54.4 Å². The van der Waals surface area contributed by atoms with Crippen molar-refractivity contribution in [3.63, 3.8) is 0 Å². The maximum absolute atomic E-state index is 11.8. The zero-order chi connectivity index (χ0) is 20.3. The first kappa shape index (κ1) is 21.0. The monoisotopic (exact) mass is 432 g/mol. The van der Waals surface area contributed by atoms with Crippen molar-refractivity contribution in [1.82, 2.24) is 5.32 Å². The third kappa shape index (κ3) is 5.44. The molecule has 0 saturated carbocycles. The van der Waals surface area contributed by atoms with E-state index in [-0.39, 0.29) is 12.0 Å². The average Bonchev–Trinajstić information content (AvgIpc) is 3.21. The average molecular weight is 433 g/mol. The molecular weight excluding hydrogens is 408 g/mol. The summed E-state index contributed by atoms with van der Waals surface area (Å²) < 4.78 is 0.506. The van der Waals surface area contributed by atoms with Gasteiger partial charge in [0.2, 0.25) is 0 Å². The number of thiophene rings is 1. The van der Waals surface area contributed by atoms with E-state index in [9.17, 15) is 9.90 Å². The van der Waals surface area contributed by atoms with Gasteiger partial charge >= 0.3 is 0 Å². The number of rotatable bonds is 7. The Morgan fingerprint density at radius 3 is 2.54 bits per heavy atom. The lowest BCUT2D eigenvalue weighted by Crippen LogP contribution is -2.29. The lowest BCUT2D eigenvalue weighted by Gasteiger charge is -2.23. The fourth-order valence-corrected chi connectivity index (χ4v) is 5.12. The first-order valence-corrected chi connectivity index (χ1v) is 11.2. The van der Waals surface area contributed by atoms with Gasteiger partial charge in [0.1, 0.15) is 4.32 Å². The lowest BCUT2D eigenvalue weighted by atomic mass is 10.1. The van der Waals surface area contributed by atoms with Gasteiger partial charge in [0, 0.05) is 29.0 Å². The van der Waals surface area contributed by atoms with Gasteiger partial charge in [0.05, 0.1) is 11.0 Å². The second-order valence-electron chi connectivity index (χ2n) is 7.27. The normalized spacial score (nSPS) is 16.7. The number of hydrogen-bond acceptors (Lipinski definition) is 6. The van der Waals surface area contributed by atoms with Crippen molar-refractivity contribution in [2.24, 2.45) is 5.92 Å². The quantitative estimate of drug-likeness (QED) is 0.489. The topological polar surface area (TPSA) is 52.6 Å². The van der Waals surface area contributed by atoms with Gasteiger partial charge in [-0.3, -0.25) is 4.79 Å². The van der Waals surface area contributed by atoms with Crippen LogP contribution in [0.2, 0.25) is 0 Å². The second-order valence-corrected chi connectivity index (χ2v) is 10.1. The highest BCUT2D eigenvalue weighted by atomic mass is 32.2. The fourth-order valence-electron chi connectivity index (χ4n) is 3.06. The Hall–Kier alpha value is -1.67. The van der Waals surface area contributed by atoms with Crippen molar-refractivity contribution >= 4 is 57.3 Å². The van der Waals surface area contributed by atoms with Crippen LogP contribution in [0.4, 0.5) is 5.69 Å². The van der Waals surface area contributed by atoms with E-state index in [0.717, 1.165) is 27.4 Å². The van der Waals surface area contributed by atoms with Crippen molar-refractivity contribution < 1.29 is 9.90 Å². The van der Waals surface area contributed by atoms with E-state index in [1.807, 2.05) is 19.2 Å². The zero-order valence-corrected chi connectivity index (χ0v) is 18.6. The number of hydrogen-bond donors (Lipinski definition) is 2. The SMILES string of the molecule is CC(C)CC(O)CN(C)c1ccc(-c2ccc(/C=C3\SC(=S)NC3=O)s2)cc1. The third-order valence-electron chi connectivity index (χ3n) is 4.36. The molecule has 1 fully saturated rings. The molecule has 0 aliphatic carbocycles. The Morgan fingerprint density at radius 1 is 1.21 bits per heavy atom. The molecule has 1 aliphatic heterocycles. The van der Waals surface area contributed by atoms with Gasteiger partial charge < -0.3 is 15.3 Å². The molecule has 4 nitrogen and oxygen atoms in total. The summed E-state index contributed by atoms with van der Waals surface area (Å²) in [6.07, 6.45) is 2.36. The van der Waals surface area contributed by atoms with Gasteiger partial charge in [0.25, 0.3) is 5.91 Å². The number of likely N-dealkylation sites (N-methyl/N-ethyl adjacent to an activating group) is 1. The number of anilines is 1. The van der Waals surface area contributed by atoms with E-state index >= 15 is 0 Å². The predicted octanol–water partition coefficient (Wildman–Crippen LogP) is 4.75. The molecule has 1 amide bonds. The van der Waals surface area contributed by atoms with Gasteiger partial charge in [-0.05, 0) is 48.2 Å². The van der Waals surface area contributed by atoms with Crippen molar-refractivity contribution in [3.8, 4) is 10.4 Å². The molecule has 7 heteroatoms. The molecule has 1 unspecified atom stereocenters. The van der Waals surface area contributed by atoms with E-state index in [1.165, 1.54) is 11.8 Å². The Kier molecular flexibility index (Phi) is 6.93. The van der Waals surface area contributed by atoms with Crippen LogP contribution in [0.5, 0.6) is 0 Å². The van der Waals surface area contributed by atoms with Crippen LogP contribution in [0.3, 0.4) is 0 Å². The molecule has 2 heterocycles. The van der Waals surface area contributed by atoms with Crippen LogP contribution >= 0.6 is 35.3 Å². The zero-order valence-electron chi connectivity index (χ0n) is 16.1. The fraction of sp³-hybridized carbons (Fsp3) is 0.333. The van der Waals surface area contributed by atoms with E-state index < -0.39 is 0 Å². The molecule has 0 spiro atoms. The van der Waals surface area contributed by atoms with Crippen molar-refractivity contribution in [2.75, 3.05) is 18.5 Å². The number of nitrogens with zero attached hydrogens (tertiary/aromatic N) is 1. The Morgan fingerprint density at radius 2 is 1.93 bits per heavy atom. The summed E-state index contributed by atoms with van der Waals surface area (Å²) >= 11 is 7.97. The summed E-state index contributed by atoms with van der Waals surface area (Å²) in [6, 6.07) is 12.4. The molecule has 148 valence electrons. The molecule has 1 aromatic carbocycles. The van der Waals surface area contributed by atoms with Crippen LogP contribution in [-0.2, 0) is 4.79 Å². The van der Waals surface area contributed by atoms with Crippen molar-refractivity contribution in [1.29, 1.82) is 0 Å². The number of amides is 1. The van der Waals surface area contributed by atoms with Gasteiger partial charge in [-0.2, -0.15) is 0 Å². The highest BCUT2D eigenvalue weighted by Gasteiger charge is 2.22. The summed E-state index contributed by atoms with van der Waals surface area (Å²) in [4.78, 5) is 16.7. The van der Waals surface area contributed by atoms with Gasteiger partial charge in [-0.1, -0.05) is 50.0 Å². The highest BCUT2D eigenvalue weighted by molar-refractivity contribution is 8.26. The van der Waals surface area contributed by atoms with Gasteiger partial charge in [0.15, 0.2) is 0 Å². The van der Waals surface area contributed by atoms with Crippen LogP contribution in [0, 0.1) is 5.92 Å². The Balaban J connectivity index is 1.67. The van der Waals surface area contributed by atoms with Crippen molar-refractivity contribution in [2.45, 2.75) is 26.4 Å². The summed E-state index contributed by atoms with van der Waals surface area (Å²) in [5, 5.41) is 12.8. The first-order valence-electron chi connectivity index (χ1n) is 9.16. The molecule has 0 bridgehead atoms. The van der Waals surface area contributed by atoms with Gasteiger partial charge in [-0.25, -0.2) is 0 Å². The van der Waals surface area contributed by atoms with E-state index in [0.29, 0.717) is 21.7 Å². The van der Waals surface area contributed by atoms with Crippen LogP contribution in [0.15, 0.2) is 41.3 Å². The molecule has 2 N–H and O–H groups in total. The summed E-state index contributed by atoms with van der Waals surface area (Å²) in [5.74, 6) is 0.357. The number of nitrogens with one attached hydrogen (secondary N) is 1. The molecule has 0 radical (unpaired) electrons. The van der Waals surface area contributed by atoms with Crippen LogP contribution < -0.4 is 10.2 Å². The van der Waals surface area contributed by atoms with E-state index in [1.54, 1.807) is 11.3 Å². The minimum Gasteiger partial charge on any atom is -0.391 e. The van der Waals surface area contributed by atoms with Crippen LogP contribution in [0.25, 0.3) is 16.5 Å². The largest absolute Gasteiger partial charge is 0.391 e. The maximum Gasteiger partial charge on any atom is 0.263 e. The number of thiocarbonyl (C=S) groups is 1. The molecular formula is C21H24N2O2S3. The Labute approximate surface area is 179 Å². The number of benzene rings is 1. The molecule has 1 atom stereocenters. The number of thioether (sulfide) groups is 1. The van der Waals surface area contributed by atoms with Crippen LogP contribution in [0.1, 0.15) is 25.1 Å². The van der Waals surface area contributed by atoms with Gasteiger partial charge in [-0.15, -0.1) is 11.3 Å². The minimum absolute atomic E-state index is 0.128. The summed E-state index contributed by atoms with van der Waals surface area (Å²) in [6.45, 7) is 4.86. The predicted molar refractivity (Wildman–Crippen MR) is 125 cm³/mol. The minimum atomic E-state index is -0.323. The molecule has 3 rings (SSSR count). The molecule has 2 aromatic rings. The number of carbonyl (C=O) groups excluding carboxylic acids is 1. The standard InChI is InChI=1S/C21H24N2O2S3/c1-13(2)10-16(24)12-23(3)15-6-4-14(5-7-15)18-9-8-17(27-18)11-19-20(25)22-21(26)28-19/h4-9,11,13,16,24H,10,12H2,1-3H3,(H,22,25,26)/b19-11-. The summed E-state index contributed by atoms with van der Waals surface area (Å²) in [5.41, 5.74) is 2.21. The second kappa shape index (κ2) is 9.22. The van der Waals surface area contributed by atoms with Crippen molar-refractivity contribution in [3.05, 3.63) is 46.2 Å². The smallest absolute Gasteiger partial charge is 0.263 e. The number of carbonyl (C=O) groups is 1. The number of aliphatic hydroxyl groups is 1. The lowest BCUT2D eigenvalue weighted by molar-refractivity contribution is -0.115. The molecule has 1 aromatic heterocycles. The highest BCUT2D eigenvalue weighted by Crippen LogP contribution is 2.33. The van der Waals surface area contributed by atoms with E-state index in [4.69, 9.17) is 12.2 Å². The van der Waals surface area contributed by atoms with Crippen LogP contribution in [-0.4, -0.2) is 35.0 Å². The first-order chi connectivity index (χ1) is 13.3. The Bertz CT molecular complexity index is 887. The molecule has 1 aliphatic rings. The maximum atomic E-state index is 11.8. The number of aliphatic hydroxyl groups excluding tert-OH is 1. The molecule has 28 heavy (non-hydrogen) atoms. The third-order valence-corrected chi connectivity index (χ3v) is 6.61.